The van der Waals surface area contributed by atoms with E-state index < -0.39 is 15.9 Å². The van der Waals surface area contributed by atoms with Gasteiger partial charge in [-0.25, -0.2) is 8.42 Å². The molecule has 116 valence electrons. The summed E-state index contributed by atoms with van der Waals surface area (Å²) in [6.45, 7) is 1.59. The van der Waals surface area contributed by atoms with Gasteiger partial charge in [-0.05, 0) is 24.8 Å². The number of nitrogens with one attached hydrogen (secondary N) is 1. The summed E-state index contributed by atoms with van der Waals surface area (Å²) in [6.07, 6.45) is 5.16. The van der Waals surface area contributed by atoms with E-state index in [2.05, 4.69) is 10.4 Å². The van der Waals surface area contributed by atoms with Crippen LogP contribution in [0.1, 0.15) is 18.5 Å². The molecule has 1 aromatic heterocycles. The number of hydrogen-bond donors (Lipinski definition) is 1. The number of nitrogens with zero attached hydrogens (tertiary/aromatic N) is 3. The van der Waals surface area contributed by atoms with Gasteiger partial charge in [-0.1, -0.05) is 0 Å². The van der Waals surface area contributed by atoms with Gasteiger partial charge in [-0.15, -0.1) is 0 Å². The first-order valence-electron chi connectivity index (χ1n) is 7.17. The van der Waals surface area contributed by atoms with Gasteiger partial charge in [-0.2, -0.15) is 9.40 Å². The monoisotopic (exact) mass is 312 g/mol. The normalized spacial score (nSPS) is 23.4. The molecule has 7 nitrogen and oxygen atoms in total. The minimum atomic E-state index is -3.34. The topological polar surface area (TPSA) is 84.3 Å². The summed E-state index contributed by atoms with van der Waals surface area (Å²) in [4.78, 5) is 12.3. The zero-order valence-corrected chi connectivity index (χ0v) is 12.8. The molecule has 2 heterocycles. The molecular weight excluding hydrogens is 292 g/mol. The molecule has 2 aliphatic rings. The van der Waals surface area contributed by atoms with Crippen molar-refractivity contribution in [3.63, 3.8) is 0 Å². The maximum atomic E-state index is 12.3. The van der Waals surface area contributed by atoms with Crippen molar-refractivity contribution < 1.29 is 13.2 Å². The second kappa shape index (κ2) is 5.42. The summed E-state index contributed by atoms with van der Waals surface area (Å²) >= 11 is 0. The summed E-state index contributed by atoms with van der Waals surface area (Å²) in [6, 6.07) is 1.79. The molecular formula is C13H20N4O3S. The molecule has 21 heavy (non-hydrogen) atoms. The fourth-order valence-corrected chi connectivity index (χ4v) is 3.36. The molecule has 3 rings (SSSR count). The first-order chi connectivity index (χ1) is 9.93. The first-order valence-corrected chi connectivity index (χ1v) is 9.02. The summed E-state index contributed by atoms with van der Waals surface area (Å²) in [7, 11) is -3.34. The van der Waals surface area contributed by atoms with Crippen molar-refractivity contribution in [2.24, 2.45) is 11.8 Å². The average Bonchev–Trinajstić information content (AvgIpc) is 3.17. The second-order valence-electron chi connectivity index (χ2n) is 5.95. The van der Waals surface area contributed by atoms with Crippen LogP contribution in [0.15, 0.2) is 12.3 Å². The smallest absolute Gasteiger partial charge is 0.226 e. The van der Waals surface area contributed by atoms with Gasteiger partial charge in [0.05, 0.1) is 31.0 Å². The summed E-state index contributed by atoms with van der Waals surface area (Å²) in [5.74, 6) is 0.115. The van der Waals surface area contributed by atoms with E-state index in [1.165, 1.54) is 23.4 Å². The average molecular weight is 312 g/mol. The van der Waals surface area contributed by atoms with Crippen molar-refractivity contribution >= 4 is 15.9 Å². The fraction of sp³-hybridized carbons (Fsp3) is 0.692. The van der Waals surface area contributed by atoms with E-state index in [9.17, 15) is 13.2 Å². The van der Waals surface area contributed by atoms with E-state index in [0.29, 0.717) is 19.0 Å². The molecule has 1 saturated carbocycles. The molecule has 0 bridgehead atoms. The second-order valence-corrected chi connectivity index (χ2v) is 7.93. The Labute approximate surface area is 124 Å². The van der Waals surface area contributed by atoms with Gasteiger partial charge >= 0.3 is 0 Å². The highest BCUT2D eigenvalue weighted by Crippen LogP contribution is 2.27. The number of hydrogen-bond acceptors (Lipinski definition) is 4. The summed E-state index contributed by atoms with van der Waals surface area (Å²) < 4.78 is 26.8. The Hall–Kier alpha value is -1.41. The van der Waals surface area contributed by atoms with Crippen LogP contribution in [0.2, 0.25) is 0 Å². The Morgan fingerprint density at radius 1 is 1.43 bits per heavy atom. The quantitative estimate of drug-likeness (QED) is 0.834. The molecule has 1 aliphatic carbocycles. The molecule has 0 saturated heterocycles. The zero-order chi connectivity index (χ0) is 15.0. The molecule has 0 radical (unpaired) electrons. The molecule has 0 aromatic carbocycles. The predicted octanol–water partition coefficient (Wildman–Crippen LogP) is -0.199. The van der Waals surface area contributed by atoms with Crippen LogP contribution in [0.25, 0.3) is 0 Å². The first kappa shape index (κ1) is 14.5. The highest BCUT2D eigenvalue weighted by molar-refractivity contribution is 7.88. The van der Waals surface area contributed by atoms with Gasteiger partial charge in [0.2, 0.25) is 15.9 Å². The van der Waals surface area contributed by atoms with Crippen molar-refractivity contribution in [1.82, 2.24) is 19.4 Å². The Morgan fingerprint density at radius 3 is 2.86 bits per heavy atom. The van der Waals surface area contributed by atoms with E-state index in [1.54, 1.807) is 16.9 Å². The molecule has 1 N–H and O–H groups in total. The Morgan fingerprint density at radius 2 is 2.19 bits per heavy atom. The predicted molar refractivity (Wildman–Crippen MR) is 76.7 cm³/mol. The van der Waals surface area contributed by atoms with Gasteiger partial charge in [0.15, 0.2) is 0 Å². The number of aromatic nitrogens is 2. The Bertz CT molecular complexity index is 636. The van der Waals surface area contributed by atoms with Gasteiger partial charge in [0.1, 0.15) is 0 Å². The molecule has 1 amide bonds. The van der Waals surface area contributed by atoms with Crippen LogP contribution in [0, 0.1) is 11.8 Å². The third-order valence-corrected chi connectivity index (χ3v) is 5.28. The molecule has 1 atom stereocenters. The fourth-order valence-electron chi connectivity index (χ4n) is 2.55. The van der Waals surface area contributed by atoms with Crippen molar-refractivity contribution in [3.05, 3.63) is 18.0 Å². The van der Waals surface area contributed by atoms with Gasteiger partial charge < -0.3 is 5.32 Å². The van der Waals surface area contributed by atoms with E-state index >= 15 is 0 Å². The minimum absolute atomic E-state index is 0.0844. The summed E-state index contributed by atoms with van der Waals surface area (Å²) in [5.41, 5.74) is 0.818. The molecule has 1 aromatic rings. The number of fused-ring (bicyclic) bond motifs is 1. The lowest BCUT2D eigenvalue weighted by Gasteiger charge is -2.21. The van der Waals surface area contributed by atoms with E-state index in [-0.39, 0.29) is 19.0 Å². The summed E-state index contributed by atoms with van der Waals surface area (Å²) in [5, 5.41) is 7.12. The molecule has 1 fully saturated rings. The maximum absolute atomic E-state index is 12.3. The number of carbonyl (C=O) groups excluding carboxylic acids is 1. The molecule has 8 heteroatoms. The number of rotatable bonds is 4. The van der Waals surface area contributed by atoms with Crippen molar-refractivity contribution in [2.45, 2.75) is 25.9 Å². The lowest BCUT2D eigenvalue weighted by atomic mass is 10.1. The van der Waals surface area contributed by atoms with Crippen LogP contribution in [0.4, 0.5) is 0 Å². The van der Waals surface area contributed by atoms with Crippen molar-refractivity contribution in [2.75, 3.05) is 19.3 Å². The molecule has 1 unspecified atom stereocenters. The standard InChI is InChI=1S/C13H20N4O3S/c1-21(19,20)16-7-11(13(18)14-6-10-2-3-10)8-17-12(9-16)4-5-15-17/h4-5,10-11H,2-3,6-9H2,1H3,(H,14,18). The van der Waals surface area contributed by atoms with Crippen LogP contribution >= 0.6 is 0 Å². The highest BCUT2D eigenvalue weighted by atomic mass is 32.2. The third kappa shape index (κ3) is 3.44. The van der Waals surface area contributed by atoms with E-state index in [0.717, 1.165) is 5.69 Å². The van der Waals surface area contributed by atoms with Crippen LogP contribution in [0.5, 0.6) is 0 Å². The minimum Gasteiger partial charge on any atom is -0.355 e. The van der Waals surface area contributed by atoms with Gasteiger partial charge in [-0.3, -0.25) is 9.48 Å². The Kier molecular flexibility index (Phi) is 3.75. The third-order valence-electron chi connectivity index (χ3n) is 4.06. The van der Waals surface area contributed by atoms with Crippen LogP contribution in [0.3, 0.4) is 0 Å². The molecule has 0 spiro atoms. The van der Waals surface area contributed by atoms with Crippen molar-refractivity contribution in [1.29, 1.82) is 0 Å². The number of amides is 1. The number of carbonyl (C=O) groups is 1. The lowest BCUT2D eigenvalue weighted by molar-refractivity contribution is -0.125. The van der Waals surface area contributed by atoms with E-state index in [1.807, 2.05) is 0 Å². The SMILES string of the molecule is CS(=O)(=O)N1Cc2ccnn2CC(C(=O)NCC2CC2)C1. The largest absolute Gasteiger partial charge is 0.355 e. The van der Waals surface area contributed by atoms with Crippen LogP contribution in [-0.4, -0.2) is 47.8 Å². The van der Waals surface area contributed by atoms with Crippen molar-refractivity contribution in [3.8, 4) is 0 Å². The molecule has 1 aliphatic heterocycles. The van der Waals surface area contributed by atoms with Crippen LogP contribution < -0.4 is 5.32 Å². The zero-order valence-electron chi connectivity index (χ0n) is 12.0. The maximum Gasteiger partial charge on any atom is 0.226 e. The van der Waals surface area contributed by atoms with Gasteiger partial charge in [0, 0.05) is 19.3 Å². The lowest BCUT2D eigenvalue weighted by Crippen LogP contribution is -2.41. The van der Waals surface area contributed by atoms with Gasteiger partial charge in [0.25, 0.3) is 0 Å². The van der Waals surface area contributed by atoms with E-state index in [4.69, 9.17) is 0 Å². The Balaban J connectivity index is 1.77. The number of sulfonamides is 1. The van der Waals surface area contributed by atoms with Crippen LogP contribution in [-0.2, 0) is 27.9 Å². The highest BCUT2D eigenvalue weighted by Gasteiger charge is 2.32.